The molecule has 0 unspecified atom stereocenters. The lowest BCUT2D eigenvalue weighted by atomic mass is 10.2. The zero-order chi connectivity index (χ0) is 16.8. The first kappa shape index (κ1) is 17.4. The molecule has 0 aliphatic carbocycles. The highest BCUT2D eigenvalue weighted by molar-refractivity contribution is 6.42. The number of carbonyl (C=O) groups excluding carboxylic acids is 1. The SMILES string of the molecule is CCOc1ccccc1NC(=O)N(C)Cc1cccc(Cl)c1Cl. The quantitative estimate of drug-likeness (QED) is 0.817. The number of amides is 2. The van der Waals surface area contributed by atoms with Gasteiger partial charge >= 0.3 is 6.03 Å². The summed E-state index contributed by atoms with van der Waals surface area (Å²) in [5.74, 6) is 0.637. The zero-order valence-electron chi connectivity index (χ0n) is 13.0. The van der Waals surface area contributed by atoms with Gasteiger partial charge in [-0.15, -0.1) is 0 Å². The van der Waals surface area contributed by atoms with Crippen molar-refractivity contribution in [3.8, 4) is 5.75 Å². The highest BCUT2D eigenvalue weighted by Gasteiger charge is 2.14. The van der Waals surface area contributed by atoms with Crippen molar-refractivity contribution in [2.45, 2.75) is 13.5 Å². The molecule has 0 bridgehead atoms. The maximum Gasteiger partial charge on any atom is 0.321 e. The Morgan fingerprint density at radius 2 is 1.91 bits per heavy atom. The number of nitrogens with one attached hydrogen (secondary N) is 1. The van der Waals surface area contributed by atoms with Gasteiger partial charge in [0.1, 0.15) is 5.75 Å². The van der Waals surface area contributed by atoms with Gasteiger partial charge in [0.2, 0.25) is 0 Å². The summed E-state index contributed by atoms with van der Waals surface area (Å²) in [6.45, 7) is 2.77. The molecule has 0 spiro atoms. The minimum atomic E-state index is -0.256. The van der Waals surface area contributed by atoms with Gasteiger partial charge in [-0.1, -0.05) is 47.5 Å². The van der Waals surface area contributed by atoms with E-state index in [4.69, 9.17) is 27.9 Å². The third kappa shape index (κ3) is 4.53. The molecule has 0 heterocycles. The summed E-state index contributed by atoms with van der Waals surface area (Å²) in [4.78, 5) is 13.9. The van der Waals surface area contributed by atoms with Crippen LogP contribution < -0.4 is 10.1 Å². The molecular formula is C17H18Cl2N2O2. The molecule has 1 N–H and O–H groups in total. The van der Waals surface area contributed by atoms with Crippen LogP contribution in [0.2, 0.25) is 10.0 Å². The second-order valence-electron chi connectivity index (χ2n) is 4.93. The first-order valence-electron chi connectivity index (χ1n) is 7.19. The standard InChI is InChI=1S/C17H18Cl2N2O2/c1-3-23-15-10-5-4-9-14(15)20-17(22)21(2)11-12-7-6-8-13(18)16(12)19/h4-10H,3,11H2,1-2H3,(H,20,22). The van der Waals surface area contributed by atoms with Gasteiger partial charge in [-0.3, -0.25) is 0 Å². The molecule has 0 radical (unpaired) electrons. The van der Waals surface area contributed by atoms with Gasteiger partial charge in [0.25, 0.3) is 0 Å². The Morgan fingerprint density at radius 1 is 1.17 bits per heavy atom. The summed E-state index contributed by atoms with van der Waals surface area (Å²) in [5, 5.41) is 3.77. The number of rotatable bonds is 5. The van der Waals surface area contributed by atoms with Crippen LogP contribution in [0.1, 0.15) is 12.5 Å². The lowest BCUT2D eigenvalue weighted by Gasteiger charge is -2.20. The number of anilines is 1. The van der Waals surface area contributed by atoms with E-state index in [0.29, 0.717) is 34.6 Å². The lowest BCUT2D eigenvalue weighted by molar-refractivity contribution is 0.220. The van der Waals surface area contributed by atoms with E-state index < -0.39 is 0 Å². The third-order valence-corrected chi connectivity index (χ3v) is 4.07. The lowest BCUT2D eigenvalue weighted by Crippen LogP contribution is -2.31. The second-order valence-corrected chi connectivity index (χ2v) is 5.71. The molecule has 2 aromatic carbocycles. The first-order valence-corrected chi connectivity index (χ1v) is 7.95. The number of benzene rings is 2. The number of urea groups is 1. The van der Waals surface area contributed by atoms with E-state index in [1.54, 1.807) is 25.2 Å². The average molecular weight is 353 g/mol. The summed E-state index contributed by atoms with van der Waals surface area (Å²) < 4.78 is 5.50. The van der Waals surface area contributed by atoms with Crippen molar-refractivity contribution in [2.24, 2.45) is 0 Å². The van der Waals surface area contributed by atoms with Crippen molar-refractivity contribution in [1.29, 1.82) is 0 Å². The fourth-order valence-electron chi connectivity index (χ4n) is 2.06. The predicted molar refractivity (Wildman–Crippen MR) is 94.6 cm³/mol. The number of para-hydroxylation sites is 2. The Labute approximate surface area is 146 Å². The Balaban J connectivity index is 2.07. The zero-order valence-corrected chi connectivity index (χ0v) is 14.5. The van der Waals surface area contributed by atoms with Crippen LogP contribution in [-0.2, 0) is 6.54 Å². The molecule has 0 saturated carbocycles. The van der Waals surface area contributed by atoms with Gasteiger partial charge < -0.3 is 15.0 Å². The van der Waals surface area contributed by atoms with E-state index in [-0.39, 0.29) is 6.03 Å². The van der Waals surface area contributed by atoms with Crippen molar-refractivity contribution in [3.63, 3.8) is 0 Å². The normalized spacial score (nSPS) is 10.3. The van der Waals surface area contributed by atoms with E-state index >= 15 is 0 Å². The van der Waals surface area contributed by atoms with E-state index in [2.05, 4.69) is 5.32 Å². The van der Waals surface area contributed by atoms with E-state index in [9.17, 15) is 4.79 Å². The van der Waals surface area contributed by atoms with Crippen LogP contribution in [0.25, 0.3) is 0 Å². The molecule has 2 aromatic rings. The van der Waals surface area contributed by atoms with Crippen LogP contribution in [0.3, 0.4) is 0 Å². The molecule has 0 aliphatic rings. The van der Waals surface area contributed by atoms with E-state index in [0.717, 1.165) is 5.56 Å². The summed E-state index contributed by atoms with van der Waals surface area (Å²) >= 11 is 12.2. The summed E-state index contributed by atoms with van der Waals surface area (Å²) in [6, 6.07) is 12.4. The highest BCUT2D eigenvalue weighted by atomic mass is 35.5. The number of ether oxygens (including phenoxy) is 1. The molecule has 0 aliphatic heterocycles. The summed E-state index contributed by atoms with van der Waals surface area (Å²) in [5.41, 5.74) is 1.42. The molecule has 4 nitrogen and oxygen atoms in total. The van der Waals surface area contributed by atoms with Gasteiger partial charge in [0.05, 0.1) is 22.3 Å². The maximum absolute atomic E-state index is 12.4. The van der Waals surface area contributed by atoms with Crippen molar-refractivity contribution < 1.29 is 9.53 Å². The predicted octanol–water partition coefficient (Wildman–Crippen LogP) is 5.06. The van der Waals surface area contributed by atoms with Crippen LogP contribution in [0, 0.1) is 0 Å². The largest absolute Gasteiger partial charge is 0.492 e. The number of halogens is 2. The molecule has 0 fully saturated rings. The second kappa shape index (κ2) is 8.09. The number of nitrogens with zero attached hydrogens (tertiary/aromatic N) is 1. The Morgan fingerprint density at radius 3 is 2.65 bits per heavy atom. The van der Waals surface area contributed by atoms with E-state index in [1.807, 2.05) is 31.2 Å². The third-order valence-electron chi connectivity index (χ3n) is 3.21. The number of carbonyl (C=O) groups is 1. The van der Waals surface area contributed by atoms with Gasteiger partial charge in [-0.25, -0.2) is 4.79 Å². The van der Waals surface area contributed by atoms with Crippen LogP contribution in [-0.4, -0.2) is 24.6 Å². The maximum atomic E-state index is 12.4. The highest BCUT2D eigenvalue weighted by Crippen LogP contribution is 2.27. The summed E-state index contributed by atoms with van der Waals surface area (Å²) in [6.07, 6.45) is 0. The summed E-state index contributed by atoms with van der Waals surface area (Å²) in [7, 11) is 1.69. The van der Waals surface area contributed by atoms with Gasteiger partial charge in [0.15, 0.2) is 0 Å². The fourth-order valence-corrected chi connectivity index (χ4v) is 2.44. The van der Waals surface area contributed by atoms with Crippen molar-refractivity contribution in [3.05, 3.63) is 58.1 Å². The monoisotopic (exact) mass is 352 g/mol. The van der Waals surface area contributed by atoms with Crippen molar-refractivity contribution >= 4 is 34.9 Å². The van der Waals surface area contributed by atoms with E-state index in [1.165, 1.54) is 4.90 Å². The van der Waals surface area contributed by atoms with Crippen molar-refractivity contribution in [1.82, 2.24) is 4.90 Å². The fraction of sp³-hybridized carbons (Fsp3) is 0.235. The molecule has 2 amide bonds. The molecular weight excluding hydrogens is 335 g/mol. The molecule has 23 heavy (non-hydrogen) atoms. The van der Waals surface area contributed by atoms with Crippen molar-refractivity contribution in [2.75, 3.05) is 19.0 Å². The van der Waals surface area contributed by atoms with Crippen LogP contribution in [0.4, 0.5) is 10.5 Å². The Bertz CT molecular complexity index is 692. The minimum absolute atomic E-state index is 0.256. The number of hydrogen-bond acceptors (Lipinski definition) is 2. The van der Waals surface area contributed by atoms with Gasteiger partial charge in [-0.2, -0.15) is 0 Å². The smallest absolute Gasteiger partial charge is 0.321 e. The number of hydrogen-bond donors (Lipinski definition) is 1. The molecule has 0 saturated heterocycles. The minimum Gasteiger partial charge on any atom is -0.492 e. The molecule has 122 valence electrons. The average Bonchev–Trinajstić information content (AvgIpc) is 2.54. The van der Waals surface area contributed by atoms with Gasteiger partial charge in [-0.05, 0) is 30.7 Å². The topological polar surface area (TPSA) is 41.6 Å². The van der Waals surface area contributed by atoms with Crippen LogP contribution in [0.5, 0.6) is 5.75 Å². The molecule has 6 heteroatoms. The van der Waals surface area contributed by atoms with Crippen LogP contribution in [0.15, 0.2) is 42.5 Å². The molecule has 2 rings (SSSR count). The van der Waals surface area contributed by atoms with Crippen LogP contribution >= 0.6 is 23.2 Å². The molecule has 0 atom stereocenters. The van der Waals surface area contributed by atoms with Gasteiger partial charge in [0, 0.05) is 13.6 Å². The first-order chi connectivity index (χ1) is 11.0. The Hall–Kier alpha value is -1.91. The molecule has 0 aromatic heterocycles. The Kier molecular flexibility index (Phi) is 6.13.